The highest BCUT2D eigenvalue weighted by Gasteiger charge is 2.35. The number of nitrogens with one attached hydrogen (secondary N) is 1. The Kier molecular flexibility index (Phi) is 8.53. The molecule has 7 heteroatoms. The fourth-order valence-electron chi connectivity index (χ4n) is 2.00. The van der Waals surface area contributed by atoms with Crippen molar-refractivity contribution in [2.75, 3.05) is 20.6 Å². The van der Waals surface area contributed by atoms with Crippen LogP contribution in [0.4, 0.5) is 0 Å². The number of amides is 3. The Morgan fingerprint density at radius 1 is 1.26 bits per heavy atom. The van der Waals surface area contributed by atoms with Crippen molar-refractivity contribution in [3.05, 3.63) is 12.2 Å². The van der Waals surface area contributed by atoms with Gasteiger partial charge in [0.1, 0.15) is 6.04 Å². The molecule has 0 saturated carbocycles. The Labute approximate surface area is 138 Å². The monoisotopic (exact) mass is 327 g/mol. The van der Waals surface area contributed by atoms with E-state index in [-0.39, 0.29) is 24.8 Å². The van der Waals surface area contributed by atoms with E-state index in [1.807, 2.05) is 27.7 Å². The Morgan fingerprint density at radius 3 is 2.22 bits per heavy atom. The van der Waals surface area contributed by atoms with Crippen molar-refractivity contribution < 1.29 is 19.6 Å². The second-order valence-corrected chi connectivity index (χ2v) is 6.77. The molecule has 2 N–H and O–H groups in total. The molecule has 0 rings (SSSR count). The Hall–Kier alpha value is -1.89. The molecule has 0 spiro atoms. The Morgan fingerprint density at radius 2 is 1.83 bits per heavy atom. The van der Waals surface area contributed by atoms with Crippen LogP contribution in [0.15, 0.2) is 12.2 Å². The van der Waals surface area contributed by atoms with Crippen molar-refractivity contribution >= 4 is 18.2 Å². The average molecular weight is 327 g/mol. The van der Waals surface area contributed by atoms with Crippen LogP contribution in [-0.2, 0) is 14.4 Å². The van der Waals surface area contributed by atoms with Gasteiger partial charge in [0.25, 0.3) is 0 Å². The third kappa shape index (κ3) is 7.27. The van der Waals surface area contributed by atoms with Crippen molar-refractivity contribution in [2.45, 2.75) is 40.2 Å². The molecule has 0 aliphatic carbocycles. The highest BCUT2D eigenvalue weighted by Crippen LogP contribution is 2.21. The summed E-state index contributed by atoms with van der Waals surface area (Å²) < 4.78 is 0. The number of carbonyl (C=O) groups is 3. The van der Waals surface area contributed by atoms with Crippen LogP contribution in [0.3, 0.4) is 0 Å². The Balaban J connectivity index is 5.22. The zero-order chi connectivity index (χ0) is 18.2. The molecule has 0 bridgehead atoms. The zero-order valence-corrected chi connectivity index (χ0v) is 14.9. The number of hydrogen-bond donors (Lipinski definition) is 2. The lowest BCUT2D eigenvalue weighted by Crippen LogP contribution is -2.55. The third-order valence-corrected chi connectivity index (χ3v) is 3.40. The van der Waals surface area contributed by atoms with Gasteiger partial charge in [-0.25, -0.2) is 5.06 Å². The maximum absolute atomic E-state index is 12.5. The van der Waals surface area contributed by atoms with Crippen LogP contribution in [0.5, 0.6) is 0 Å². The molecule has 0 fully saturated rings. The fourth-order valence-corrected chi connectivity index (χ4v) is 2.00. The maximum Gasteiger partial charge on any atom is 0.245 e. The molecular formula is C16H29N3O4. The summed E-state index contributed by atoms with van der Waals surface area (Å²) in [7, 11) is 3.26. The van der Waals surface area contributed by atoms with Crippen LogP contribution < -0.4 is 5.32 Å². The molecule has 0 aromatic carbocycles. The standard InChI is InChI=1S/C16H29N3O4/c1-7-8-9-12(10-19(23)11-20)14(21)17-13(16(2,3)4)15(22)18(5)6/h7-8,11-13,23H,9-10H2,1-6H3,(H,17,21)/b8-7-/t12-,13-/m1/s1. The number of allylic oxidation sites excluding steroid dienone is 2. The van der Waals surface area contributed by atoms with Gasteiger partial charge in [-0.05, 0) is 18.8 Å². The Bertz CT molecular complexity index is 441. The molecule has 0 aliphatic heterocycles. The van der Waals surface area contributed by atoms with Crippen LogP contribution in [0, 0.1) is 11.3 Å². The second-order valence-electron chi connectivity index (χ2n) is 6.77. The van der Waals surface area contributed by atoms with E-state index < -0.39 is 17.4 Å². The molecule has 132 valence electrons. The number of hydroxylamine groups is 2. The van der Waals surface area contributed by atoms with Gasteiger partial charge in [0.15, 0.2) is 0 Å². The minimum atomic E-state index is -0.693. The summed E-state index contributed by atoms with van der Waals surface area (Å²) in [6.07, 6.45) is 4.18. The normalized spacial score (nSPS) is 14.2. The molecule has 0 heterocycles. The van der Waals surface area contributed by atoms with E-state index in [0.29, 0.717) is 11.5 Å². The van der Waals surface area contributed by atoms with Crippen LogP contribution >= 0.6 is 0 Å². The maximum atomic E-state index is 12.5. The van der Waals surface area contributed by atoms with Gasteiger partial charge in [0.05, 0.1) is 12.5 Å². The van der Waals surface area contributed by atoms with Crippen LogP contribution in [0.2, 0.25) is 0 Å². The molecule has 0 radical (unpaired) electrons. The first-order chi connectivity index (χ1) is 10.5. The van der Waals surface area contributed by atoms with Crippen LogP contribution in [0.1, 0.15) is 34.1 Å². The van der Waals surface area contributed by atoms with Gasteiger partial charge in [-0.2, -0.15) is 0 Å². The van der Waals surface area contributed by atoms with Crippen molar-refractivity contribution in [1.82, 2.24) is 15.3 Å². The van der Waals surface area contributed by atoms with Gasteiger partial charge >= 0.3 is 0 Å². The predicted molar refractivity (Wildman–Crippen MR) is 87.6 cm³/mol. The molecule has 0 aromatic rings. The number of rotatable bonds is 8. The first kappa shape index (κ1) is 21.1. The molecule has 2 atom stereocenters. The van der Waals surface area contributed by atoms with Crippen LogP contribution in [-0.4, -0.2) is 60.1 Å². The molecule has 0 saturated heterocycles. The predicted octanol–water partition coefficient (Wildman–Crippen LogP) is 1.04. The van der Waals surface area contributed by atoms with Gasteiger partial charge in [-0.3, -0.25) is 19.6 Å². The average Bonchev–Trinajstić information content (AvgIpc) is 2.46. The molecule has 0 unspecified atom stereocenters. The van der Waals surface area contributed by atoms with E-state index in [4.69, 9.17) is 0 Å². The minimum absolute atomic E-state index is 0.132. The number of carbonyl (C=O) groups excluding carboxylic acids is 3. The summed E-state index contributed by atoms with van der Waals surface area (Å²) in [5.74, 6) is -1.22. The van der Waals surface area contributed by atoms with E-state index in [1.54, 1.807) is 26.2 Å². The van der Waals surface area contributed by atoms with E-state index in [1.165, 1.54) is 4.90 Å². The topological polar surface area (TPSA) is 90.0 Å². The van der Waals surface area contributed by atoms with Crippen molar-refractivity contribution in [3.8, 4) is 0 Å². The molecule has 7 nitrogen and oxygen atoms in total. The van der Waals surface area contributed by atoms with Gasteiger partial charge in [0.2, 0.25) is 18.2 Å². The van der Waals surface area contributed by atoms with E-state index >= 15 is 0 Å². The molecular weight excluding hydrogens is 298 g/mol. The summed E-state index contributed by atoms with van der Waals surface area (Å²) in [5, 5.41) is 12.6. The van der Waals surface area contributed by atoms with Crippen molar-refractivity contribution in [2.24, 2.45) is 11.3 Å². The van der Waals surface area contributed by atoms with E-state index in [0.717, 1.165) is 0 Å². The quantitative estimate of drug-likeness (QED) is 0.302. The molecule has 23 heavy (non-hydrogen) atoms. The first-order valence-corrected chi connectivity index (χ1v) is 7.58. The van der Waals surface area contributed by atoms with Crippen molar-refractivity contribution in [1.29, 1.82) is 0 Å². The number of nitrogens with zero attached hydrogens (tertiary/aromatic N) is 2. The molecule has 3 amide bonds. The largest absolute Gasteiger partial charge is 0.347 e. The second kappa shape index (κ2) is 9.29. The van der Waals surface area contributed by atoms with Gasteiger partial charge in [-0.15, -0.1) is 0 Å². The number of likely N-dealkylation sites (N-methyl/N-ethyl adjacent to an activating group) is 1. The third-order valence-electron chi connectivity index (χ3n) is 3.40. The van der Waals surface area contributed by atoms with Gasteiger partial charge in [0, 0.05) is 14.1 Å². The summed E-state index contributed by atoms with van der Waals surface area (Å²) >= 11 is 0. The smallest absolute Gasteiger partial charge is 0.245 e. The fraction of sp³-hybridized carbons (Fsp3) is 0.688. The highest BCUT2D eigenvalue weighted by atomic mass is 16.5. The van der Waals surface area contributed by atoms with E-state index in [2.05, 4.69) is 5.32 Å². The summed E-state index contributed by atoms with van der Waals surface area (Å²) in [5.41, 5.74) is -0.467. The van der Waals surface area contributed by atoms with Crippen LogP contribution in [0.25, 0.3) is 0 Å². The lowest BCUT2D eigenvalue weighted by Gasteiger charge is -2.33. The summed E-state index contributed by atoms with van der Waals surface area (Å²) in [6.45, 7) is 7.28. The lowest BCUT2D eigenvalue weighted by molar-refractivity contribution is -0.155. The molecule has 0 aliphatic rings. The van der Waals surface area contributed by atoms with Gasteiger partial charge in [-0.1, -0.05) is 32.9 Å². The highest BCUT2D eigenvalue weighted by molar-refractivity contribution is 5.89. The molecule has 0 aromatic heterocycles. The first-order valence-electron chi connectivity index (χ1n) is 7.58. The van der Waals surface area contributed by atoms with Gasteiger partial charge < -0.3 is 10.2 Å². The summed E-state index contributed by atoms with van der Waals surface area (Å²) in [6, 6.07) is -0.693. The SMILES string of the molecule is C/C=C\C[C@H](CN(O)C=O)C(=O)N[C@H](C(=O)N(C)C)C(C)(C)C. The number of hydrogen-bond acceptors (Lipinski definition) is 4. The minimum Gasteiger partial charge on any atom is -0.347 e. The van der Waals surface area contributed by atoms with E-state index in [9.17, 15) is 19.6 Å². The summed E-state index contributed by atoms with van der Waals surface area (Å²) in [4.78, 5) is 36.8. The zero-order valence-electron chi connectivity index (χ0n) is 14.9. The van der Waals surface area contributed by atoms with Crippen molar-refractivity contribution in [3.63, 3.8) is 0 Å². The lowest BCUT2D eigenvalue weighted by atomic mass is 9.85.